The molecule has 3 aromatic carbocycles. The topological polar surface area (TPSA) is 193 Å². The molecule has 3 aliphatic rings. The molecule has 4 amide bonds. The molecule has 8 rings (SSSR count). The smallest absolute Gasteiger partial charge is 0.407 e. The number of methoxy groups -OCH3 is 2. The van der Waals surface area contributed by atoms with Crippen molar-refractivity contribution in [1.82, 2.24) is 40.8 Å². The van der Waals surface area contributed by atoms with Gasteiger partial charge in [-0.2, -0.15) is 0 Å². The number of hydrogen-bond acceptors (Lipinski definition) is 9. The standard InChI is InChI=1S/C41H44N8O7/c1-54-39(52)42-22-34(50)48-41(16-3-4-17-41)38-46-30-15-19-56-33-21-27(11-13-28(33)36(30)47-38)25-9-7-24(8-10-25)26-12-14-29-31(20-26)45-37(44-29)32-6-5-18-49(32)35(51)23-43-40(53)55-2/h7-14,20-21,32H,3-6,15-19,22-23H2,1-2H3,(H,42,52)(H,43,53)(H,44,45)(H,46,47)(H,48,50)/t32-/m0/s1. The lowest BCUT2D eigenvalue weighted by Gasteiger charge is -2.28. The number of ether oxygens (including phenoxy) is 3. The van der Waals surface area contributed by atoms with Crippen LogP contribution in [0.15, 0.2) is 60.7 Å². The SMILES string of the molecule is COC(=O)NCC(=O)NC1(c2nc3c([nH]2)CCOc2cc(-c4ccc(-c5ccc6nc([C@@H]7CCCN7C(=O)CNC(=O)OC)[nH]c6c5)cc4)ccc2-3)CCCC1. The molecule has 1 saturated heterocycles. The third-order valence-corrected chi connectivity index (χ3v) is 11.0. The summed E-state index contributed by atoms with van der Waals surface area (Å²) in [6.07, 6.45) is 4.40. The molecule has 56 heavy (non-hydrogen) atoms. The summed E-state index contributed by atoms with van der Waals surface area (Å²) in [5.41, 5.74) is 7.87. The first-order chi connectivity index (χ1) is 27.2. The number of carbonyl (C=O) groups is 4. The van der Waals surface area contributed by atoms with E-state index in [1.54, 1.807) is 4.90 Å². The van der Waals surface area contributed by atoms with Crippen molar-refractivity contribution in [3.05, 3.63) is 78.0 Å². The minimum Gasteiger partial charge on any atom is -0.492 e. The Morgan fingerprint density at radius 2 is 1.52 bits per heavy atom. The Labute approximate surface area is 322 Å². The van der Waals surface area contributed by atoms with E-state index in [-0.39, 0.29) is 30.9 Å². The molecular formula is C41H44N8O7. The fourth-order valence-corrected chi connectivity index (χ4v) is 8.15. The largest absolute Gasteiger partial charge is 0.492 e. The molecule has 4 heterocycles. The Kier molecular flexibility index (Phi) is 10.1. The third-order valence-electron chi connectivity index (χ3n) is 11.0. The number of aromatic nitrogens is 4. The van der Waals surface area contributed by atoms with Gasteiger partial charge in [0.2, 0.25) is 11.8 Å². The van der Waals surface area contributed by atoms with Gasteiger partial charge in [-0.25, -0.2) is 19.6 Å². The highest BCUT2D eigenvalue weighted by atomic mass is 16.5. The Hall–Kier alpha value is -6.38. The summed E-state index contributed by atoms with van der Waals surface area (Å²) in [7, 11) is 2.53. The van der Waals surface area contributed by atoms with E-state index in [9.17, 15) is 19.2 Å². The van der Waals surface area contributed by atoms with Crippen LogP contribution < -0.4 is 20.7 Å². The van der Waals surface area contributed by atoms with Gasteiger partial charge in [0.05, 0.1) is 49.1 Å². The third kappa shape index (κ3) is 7.23. The van der Waals surface area contributed by atoms with Gasteiger partial charge in [0.1, 0.15) is 30.5 Å². The van der Waals surface area contributed by atoms with Crippen LogP contribution >= 0.6 is 0 Å². The van der Waals surface area contributed by atoms with E-state index < -0.39 is 17.7 Å². The number of carbonyl (C=O) groups excluding carboxylic acids is 4. The van der Waals surface area contributed by atoms with Crippen molar-refractivity contribution in [2.75, 3.05) is 40.5 Å². The lowest BCUT2D eigenvalue weighted by atomic mass is 9.96. The molecular weight excluding hydrogens is 716 g/mol. The molecule has 0 radical (unpaired) electrons. The number of fused-ring (bicyclic) bond motifs is 4. The van der Waals surface area contributed by atoms with Gasteiger partial charge in [-0.3, -0.25) is 9.59 Å². The average Bonchev–Trinajstić information content (AvgIpc) is 4.04. The number of hydrogen-bond donors (Lipinski definition) is 5. The highest BCUT2D eigenvalue weighted by Crippen LogP contribution is 2.42. The second-order valence-electron chi connectivity index (χ2n) is 14.4. The van der Waals surface area contributed by atoms with Crippen LogP contribution in [0.5, 0.6) is 5.75 Å². The van der Waals surface area contributed by atoms with Crippen molar-refractivity contribution < 1.29 is 33.4 Å². The summed E-state index contributed by atoms with van der Waals surface area (Å²) in [4.78, 5) is 67.4. The molecule has 1 saturated carbocycles. The zero-order chi connectivity index (χ0) is 38.8. The molecule has 1 aliphatic carbocycles. The van der Waals surface area contributed by atoms with Gasteiger partial charge in [-0.1, -0.05) is 49.2 Å². The molecule has 2 aromatic heterocycles. The lowest BCUT2D eigenvalue weighted by molar-refractivity contribution is -0.131. The van der Waals surface area contributed by atoms with Crippen LogP contribution in [0.1, 0.15) is 61.9 Å². The normalized spacial score (nSPS) is 17.0. The van der Waals surface area contributed by atoms with Crippen molar-refractivity contribution in [3.8, 4) is 39.3 Å². The fraction of sp³-hybridized carbons (Fsp3) is 0.366. The molecule has 290 valence electrons. The molecule has 15 nitrogen and oxygen atoms in total. The van der Waals surface area contributed by atoms with Gasteiger partial charge < -0.3 is 45.0 Å². The van der Waals surface area contributed by atoms with E-state index in [2.05, 4.69) is 77.9 Å². The predicted octanol–water partition coefficient (Wildman–Crippen LogP) is 5.48. The van der Waals surface area contributed by atoms with Gasteiger partial charge in [-0.15, -0.1) is 0 Å². The Morgan fingerprint density at radius 1 is 0.839 bits per heavy atom. The predicted molar refractivity (Wildman–Crippen MR) is 207 cm³/mol. The first-order valence-electron chi connectivity index (χ1n) is 18.9. The maximum absolute atomic E-state index is 12.9. The molecule has 0 spiro atoms. The first kappa shape index (κ1) is 36.6. The number of benzene rings is 3. The summed E-state index contributed by atoms with van der Waals surface area (Å²) in [5.74, 6) is 1.73. The highest BCUT2D eigenvalue weighted by molar-refractivity contribution is 5.85. The van der Waals surface area contributed by atoms with Gasteiger partial charge in [0.15, 0.2) is 0 Å². The number of alkyl carbamates (subject to hydrolysis) is 2. The van der Waals surface area contributed by atoms with E-state index in [0.717, 1.165) is 106 Å². The quantitative estimate of drug-likeness (QED) is 0.129. The molecule has 2 fully saturated rings. The summed E-state index contributed by atoms with van der Waals surface area (Å²) in [5, 5.41) is 8.08. The van der Waals surface area contributed by atoms with E-state index in [0.29, 0.717) is 19.6 Å². The van der Waals surface area contributed by atoms with Gasteiger partial charge in [-0.05, 0) is 72.2 Å². The second-order valence-corrected chi connectivity index (χ2v) is 14.4. The van der Waals surface area contributed by atoms with Crippen molar-refractivity contribution in [2.45, 2.75) is 56.5 Å². The van der Waals surface area contributed by atoms with Crippen LogP contribution in [0.3, 0.4) is 0 Å². The number of imidazole rings is 2. The first-order valence-corrected chi connectivity index (χ1v) is 18.9. The minimum atomic E-state index is -0.656. The monoisotopic (exact) mass is 760 g/mol. The van der Waals surface area contributed by atoms with Gasteiger partial charge in [0, 0.05) is 24.2 Å². The zero-order valence-corrected chi connectivity index (χ0v) is 31.3. The number of nitrogens with one attached hydrogen (secondary N) is 5. The van der Waals surface area contributed by atoms with Gasteiger partial charge >= 0.3 is 12.2 Å². The number of nitrogens with zero attached hydrogens (tertiary/aromatic N) is 3. The van der Waals surface area contributed by atoms with Crippen LogP contribution in [0.4, 0.5) is 9.59 Å². The summed E-state index contributed by atoms with van der Waals surface area (Å²) >= 11 is 0. The number of H-pyrrole nitrogens is 2. The Morgan fingerprint density at radius 3 is 2.25 bits per heavy atom. The number of amides is 4. The maximum atomic E-state index is 12.9. The Balaban J connectivity index is 0.984. The molecule has 2 aliphatic heterocycles. The number of aromatic amines is 2. The molecule has 5 N–H and O–H groups in total. The molecule has 5 aromatic rings. The molecule has 0 bridgehead atoms. The number of rotatable bonds is 9. The van der Waals surface area contributed by atoms with Crippen LogP contribution in [0.25, 0.3) is 44.5 Å². The fourth-order valence-electron chi connectivity index (χ4n) is 8.15. The van der Waals surface area contributed by atoms with E-state index in [1.165, 1.54) is 14.2 Å². The van der Waals surface area contributed by atoms with Crippen molar-refractivity contribution in [1.29, 1.82) is 0 Å². The zero-order valence-electron chi connectivity index (χ0n) is 31.3. The van der Waals surface area contributed by atoms with Crippen LogP contribution in [-0.2, 0) is 31.0 Å². The molecule has 0 unspecified atom stereocenters. The summed E-state index contributed by atoms with van der Waals surface area (Å²) < 4.78 is 15.5. The molecule has 1 atom stereocenters. The van der Waals surface area contributed by atoms with E-state index in [1.807, 2.05) is 18.2 Å². The summed E-state index contributed by atoms with van der Waals surface area (Å²) in [6, 6.07) is 20.5. The number of likely N-dealkylation sites (tertiary alicyclic amines) is 1. The summed E-state index contributed by atoms with van der Waals surface area (Å²) in [6.45, 7) is 0.771. The van der Waals surface area contributed by atoms with E-state index >= 15 is 0 Å². The van der Waals surface area contributed by atoms with Crippen LogP contribution in [0.2, 0.25) is 0 Å². The average molecular weight is 761 g/mol. The van der Waals surface area contributed by atoms with E-state index in [4.69, 9.17) is 14.7 Å². The Bertz CT molecular complexity index is 2290. The van der Waals surface area contributed by atoms with Crippen molar-refractivity contribution in [3.63, 3.8) is 0 Å². The van der Waals surface area contributed by atoms with Gasteiger partial charge in [0.25, 0.3) is 0 Å². The van der Waals surface area contributed by atoms with Crippen LogP contribution in [-0.4, -0.2) is 89.3 Å². The van der Waals surface area contributed by atoms with Crippen LogP contribution in [0, 0.1) is 0 Å². The minimum absolute atomic E-state index is 0.127. The van der Waals surface area contributed by atoms with Crippen molar-refractivity contribution in [2.24, 2.45) is 0 Å². The maximum Gasteiger partial charge on any atom is 0.407 e. The highest BCUT2D eigenvalue weighted by Gasteiger charge is 2.41. The second kappa shape index (κ2) is 15.4. The van der Waals surface area contributed by atoms with Crippen molar-refractivity contribution >= 4 is 35.0 Å². The lowest BCUT2D eigenvalue weighted by Crippen LogP contribution is -2.48. The molecule has 15 heteroatoms.